The number of aryl methyl sites for hydroxylation is 1. The van der Waals surface area contributed by atoms with Gasteiger partial charge in [0.05, 0.1) is 0 Å². The highest BCUT2D eigenvalue weighted by Crippen LogP contribution is 2.28. The lowest BCUT2D eigenvalue weighted by Gasteiger charge is -2.10. The number of hydrogen-bond donors (Lipinski definition) is 1. The molecule has 0 aliphatic rings. The number of halogens is 4. The lowest BCUT2D eigenvalue weighted by Crippen LogP contribution is -2.21. The van der Waals surface area contributed by atoms with E-state index in [0.29, 0.717) is 0 Å². The van der Waals surface area contributed by atoms with E-state index in [2.05, 4.69) is 78.0 Å². The summed E-state index contributed by atoms with van der Waals surface area (Å²) in [6.45, 7) is 2.24. The molecule has 0 aliphatic heterocycles. The Labute approximate surface area is 159 Å². The first kappa shape index (κ1) is 21.9. The highest BCUT2D eigenvalue weighted by molar-refractivity contribution is 14.1. The second-order valence-corrected chi connectivity index (χ2v) is 7.74. The predicted octanol–water partition coefficient (Wildman–Crippen LogP) is 5.69. The molecule has 25 heavy (non-hydrogen) atoms. The molecule has 0 heterocycles. The molecule has 0 radical (unpaired) electrons. The Bertz CT molecular complexity index is 790. The molecule has 8 heteroatoms. The van der Waals surface area contributed by atoms with Gasteiger partial charge in [-0.3, -0.25) is 4.55 Å². The van der Waals surface area contributed by atoms with Crippen LogP contribution in [-0.4, -0.2) is 18.5 Å². The van der Waals surface area contributed by atoms with Crippen LogP contribution >= 0.6 is 22.6 Å². The molecule has 3 nitrogen and oxygen atoms in total. The van der Waals surface area contributed by atoms with E-state index in [-0.39, 0.29) is 0 Å². The van der Waals surface area contributed by atoms with Gasteiger partial charge in [0.2, 0.25) is 0 Å². The lowest BCUT2D eigenvalue weighted by molar-refractivity contribution is -0.0510. The molecule has 0 amide bonds. The van der Waals surface area contributed by atoms with Gasteiger partial charge < -0.3 is 0 Å². The zero-order chi connectivity index (χ0) is 19.1. The zero-order valence-corrected chi connectivity index (χ0v) is 16.4. The molecule has 0 unspecified atom stereocenters. The maximum atomic E-state index is 10.7. The van der Waals surface area contributed by atoms with Gasteiger partial charge in [0, 0.05) is 3.57 Å². The number of benzene rings is 2. The average Bonchev–Trinajstić information content (AvgIpc) is 2.52. The minimum Gasteiger partial charge on any atom is -0.279 e. The zero-order valence-electron chi connectivity index (χ0n) is 13.4. The van der Waals surface area contributed by atoms with Crippen molar-refractivity contribution in [2.24, 2.45) is 0 Å². The third-order valence-corrected chi connectivity index (χ3v) is 4.80. The van der Waals surface area contributed by atoms with Crippen molar-refractivity contribution >= 4 is 32.7 Å². The summed E-state index contributed by atoms with van der Waals surface area (Å²) in [6, 6.07) is 17.4. The third-order valence-electron chi connectivity index (χ3n) is 3.27. The highest BCUT2D eigenvalue weighted by Gasteiger charge is 2.44. The Morgan fingerprint density at radius 1 is 1.00 bits per heavy atom. The van der Waals surface area contributed by atoms with Crippen LogP contribution < -0.4 is 0 Å². The first-order chi connectivity index (χ1) is 11.6. The van der Waals surface area contributed by atoms with Gasteiger partial charge in [-0.15, -0.1) is 0 Å². The molecule has 0 aromatic heterocycles. The number of unbranched alkanes of at least 4 members (excludes halogenated alkanes) is 1. The Morgan fingerprint density at radius 2 is 1.48 bits per heavy atom. The Kier molecular flexibility index (Phi) is 8.36. The van der Waals surface area contributed by atoms with Crippen molar-refractivity contribution in [1.29, 1.82) is 0 Å². The average molecular weight is 486 g/mol. The molecule has 138 valence electrons. The van der Waals surface area contributed by atoms with Crippen LogP contribution in [0.15, 0.2) is 48.5 Å². The second-order valence-electron chi connectivity index (χ2n) is 5.16. The predicted molar refractivity (Wildman–Crippen MR) is 101 cm³/mol. The highest BCUT2D eigenvalue weighted by atomic mass is 127. The van der Waals surface area contributed by atoms with Crippen molar-refractivity contribution in [3.63, 3.8) is 0 Å². The van der Waals surface area contributed by atoms with Gasteiger partial charge in [0.1, 0.15) is 0 Å². The summed E-state index contributed by atoms with van der Waals surface area (Å²) in [7, 11) is -5.84. The molecule has 0 fully saturated rings. The van der Waals surface area contributed by atoms with Crippen molar-refractivity contribution in [3.8, 4) is 11.1 Å². The van der Waals surface area contributed by atoms with Gasteiger partial charge in [-0.2, -0.15) is 21.6 Å². The molecular formula is C17H18F3IO3S. The summed E-state index contributed by atoms with van der Waals surface area (Å²) < 4.78 is 58.9. The fourth-order valence-electron chi connectivity index (χ4n) is 2.05. The van der Waals surface area contributed by atoms with E-state index < -0.39 is 15.6 Å². The standard InChI is InChI=1S/C16H17I.CHF3O3S/c1-2-3-8-13-9-4-5-10-14(13)15-11-6-7-12-16(15)17;2-1(3,4)8(5,6)7/h4-7,9-12H,2-3,8H2,1H3;(H,5,6,7). The van der Waals surface area contributed by atoms with Crippen molar-refractivity contribution in [1.82, 2.24) is 0 Å². The van der Waals surface area contributed by atoms with Crippen LogP contribution in [0.1, 0.15) is 25.3 Å². The van der Waals surface area contributed by atoms with Crippen molar-refractivity contribution in [2.75, 3.05) is 0 Å². The summed E-state index contributed by atoms with van der Waals surface area (Å²) in [5.41, 5.74) is -1.31. The topological polar surface area (TPSA) is 54.4 Å². The molecular weight excluding hydrogens is 468 g/mol. The van der Waals surface area contributed by atoms with Crippen LogP contribution in [0.2, 0.25) is 0 Å². The van der Waals surface area contributed by atoms with Crippen LogP contribution in [0.25, 0.3) is 11.1 Å². The van der Waals surface area contributed by atoms with E-state index in [1.54, 1.807) is 0 Å². The van der Waals surface area contributed by atoms with Crippen molar-refractivity contribution in [3.05, 3.63) is 57.7 Å². The monoisotopic (exact) mass is 486 g/mol. The fraction of sp³-hybridized carbons (Fsp3) is 0.294. The quantitative estimate of drug-likeness (QED) is 0.343. The van der Waals surface area contributed by atoms with Crippen LogP contribution in [0, 0.1) is 3.57 Å². The van der Waals surface area contributed by atoms with E-state index in [0.717, 1.165) is 0 Å². The first-order valence-electron chi connectivity index (χ1n) is 7.44. The number of hydrogen-bond acceptors (Lipinski definition) is 2. The molecule has 0 spiro atoms. The second kappa shape index (κ2) is 9.54. The van der Waals surface area contributed by atoms with Gasteiger partial charge in [-0.1, -0.05) is 55.8 Å². The van der Waals surface area contributed by atoms with Crippen molar-refractivity contribution in [2.45, 2.75) is 31.7 Å². The minimum atomic E-state index is -5.84. The van der Waals surface area contributed by atoms with Gasteiger partial charge >= 0.3 is 15.6 Å². The molecule has 2 aromatic rings. The molecule has 0 saturated carbocycles. The van der Waals surface area contributed by atoms with Gasteiger partial charge in [-0.05, 0) is 58.2 Å². The largest absolute Gasteiger partial charge is 0.522 e. The SMILES string of the molecule is CCCCc1ccccc1-c1ccccc1I.O=S(=O)(O)C(F)(F)F. The maximum absolute atomic E-state index is 10.7. The Balaban J connectivity index is 0.000000333. The molecule has 2 rings (SSSR count). The lowest BCUT2D eigenvalue weighted by atomic mass is 9.96. The Morgan fingerprint density at radius 3 is 1.96 bits per heavy atom. The normalized spacial score (nSPS) is 11.6. The van der Waals surface area contributed by atoms with Crippen LogP contribution in [0.4, 0.5) is 13.2 Å². The van der Waals surface area contributed by atoms with Crippen LogP contribution in [0.3, 0.4) is 0 Å². The number of alkyl halides is 3. The van der Waals surface area contributed by atoms with E-state index in [4.69, 9.17) is 13.0 Å². The molecule has 0 atom stereocenters. The van der Waals surface area contributed by atoms with Gasteiger partial charge in [0.15, 0.2) is 0 Å². The van der Waals surface area contributed by atoms with E-state index in [1.165, 1.54) is 39.5 Å². The first-order valence-corrected chi connectivity index (χ1v) is 9.96. The summed E-state index contributed by atoms with van der Waals surface area (Å²) in [5.74, 6) is 0. The Hall–Kier alpha value is -1.13. The molecule has 2 aromatic carbocycles. The summed E-state index contributed by atoms with van der Waals surface area (Å²) in [6.07, 6.45) is 3.69. The molecule has 1 N–H and O–H groups in total. The maximum Gasteiger partial charge on any atom is 0.522 e. The van der Waals surface area contributed by atoms with Crippen LogP contribution in [0.5, 0.6) is 0 Å². The summed E-state index contributed by atoms with van der Waals surface area (Å²) in [4.78, 5) is 0. The summed E-state index contributed by atoms with van der Waals surface area (Å²) in [5, 5.41) is 0. The van der Waals surface area contributed by atoms with E-state index in [9.17, 15) is 13.2 Å². The molecule has 0 aliphatic carbocycles. The van der Waals surface area contributed by atoms with Crippen LogP contribution in [-0.2, 0) is 16.5 Å². The third kappa shape index (κ3) is 6.95. The van der Waals surface area contributed by atoms with E-state index >= 15 is 0 Å². The van der Waals surface area contributed by atoms with Gasteiger partial charge in [-0.25, -0.2) is 0 Å². The molecule has 0 bridgehead atoms. The van der Waals surface area contributed by atoms with Gasteiger partial charge in [0.25, 0.3) is 0 Å². The number of rotatable bonds is 4. The molecule has 0 saturated heterocycles. The fourth-order valence-corrected chi connectivity index (χ4v) is 2.73. The van der Waals surface area contributed by atoms with Crippen molar-refractivity contribution < 1.29 is 26.1 Å². The van der Waals surface area contributed by atoms with E-state index in [1.807, 2.05) is 0 Å². The summed E-state index contributed by atoms with van der Waals surface area (Å²) >= 11 is 2.42. The smallest absolute Gasteiger partial charge is 0.279 e. The minimum absolute atomic E-state index is 1.18.